The third kappa shape index (κ3) is 1.65. The van der Waals surface area contributed by atoms with Crippen LogP contribution in [0, 0.1) is 0 Å². The molecule has 0 radical (unpaired) electrons. The van der Waals surface area contributed by atoms with Crippen molar-refractivity contribution in [2.75, 3.05) is 13.2 Å². The first-order valence-corrected chi connectivity index (χ1v) is 6.33. The van der Waals surface area contributed by atoms with E-state index in [9.17, 15) is 5.11 Å². The molecule has 0 bridgehead atoms. The molecular formula is C16H17O2+. The first-order valence-electron chi connectivity index (χ1n) is 6.33. The zero-order valence-electron chi connectivity index (χ0n) is 10.4. The SMILES string of the molecule is C=CC[O+]1CCC/C1=C1/C=C(O)c2ccccc21. The molecule has 3 rings (SSSR count). The van der Waals surface area contributed by atoms with Crippen molar-refractivity contribution in [1.82, 2.24) is 0 Å². The van der Waals surface area contributed by atoms with Crippen molar-refractivity contribution in [1.29, 1.82) is 0 Å². The molecule has 0 atom stereocenters. The number of benzene rings is 1. The van der Waals surface area contributed by atoms with Crippen LogP contribution in [0.1, 0.15) is 24.0 Å². The number of rotatable bonds is 2. The Balaban J connectivity index is 2.10. The zero-order chi connectivity index (χ0) is 12.5. The predicted octanol–water partition coefficient (Wildman–Crippen LogP) is 3.84. The molecule has 18 heavy (non-hydrogen) atoms. The smallest absolute Gasteiger partial charge is 0.239 e. The molecule has 0 unspecified atom stereocenters. The van der Waals surface area contributed by atoms with Crippen LogP contribution in [0.15, 0.2) is 48.8 Å². The highest BCUT2D eigenvalue weighted by atomic mass is 16.7. The standard InChI is InChI=1S/C16H16O2/c1-2-9-18-10-5-8-16(18)14-11-15(17)13-7-4-3-6-12(13)14/h2-4,6-7,11H,1,5,8-10H2/p+1/b16-14+. The quantitative estimate of drug-likeness (QED) is 0.617. The van der Waals surface area contributed by atoms with E-state index in [2.05, 4.69) is 17.0 Å². The first-order chi connectivity index (χ1) is 8.81. The topological polar surface area (TPSA) is 22.9 Å². The fourth-order valence-corrected chi connectivity index (χ4v) is 2.76. The number of fused-ring (bicyclic) bond motifs is 1. The average molecular weight is 241 g/mol. The molecule has 1 aliphatic carbocycles. The second kappa shape index (κ2) is 4.37. The van der Waals surface area contributed by atoms with E-state index < -0.39 is 0 Å². The fourth-order valence-electron chi connectivity index (χ4n) is 2.76. The Hall–Kier alpha value is -1.96. The van der Waals surface area contributed by atoms with Gasteiger partial charge in [0.05, 0.1) is 12.0 Å². The Kier molecular flexibility index (Phi) is 2.71. The molecule has 2 heteroatoms. The molecule has 1 fully saturated rings. The highest BCUT2D eigenvalue weighted by molar-refractivity contribution is 5.94. The molecule has 1 aliphatic heterocycles. The van der Waals surface area contributed by atoms with E-state index in [1.807, 2.05) is 30.4 Å². The van der Waals surface area contributed by atoms with Crippen LogP contribution in [0.5, 0.6) is 0 Å². The van der Waals surface area contributed by atoms with Gasteiger partial charge in [0.25, 0.3) is 0 Å². The van der Waals surface area contributed by atoms with Gasteiger partial charge < -0.3 is 9.47 Å². The van der Waals surface area contributed by atoms with Gasteiger partial charge in [-0.2, -0.15) is 0 Å². The lowest BCUT2D eigenvalue weighted by Gasteiger charge is -2.19. The van der Waals surface area contributed by atoms with Gasteiger partial charge in [-0.05, 0) is 12.2 Å². The van der Waals surface area contributed by atoms with E-state index in [1.165, 1.54) is 5.76 Å². The predicted molar refractivity (Wildman–Crippen MR) is 74.2 cm³/mol. The molecular weight excluding hydrogens is 224 g/mol. The molecule has 1 N–H and O–H groups in total. The minimum atomic E-state index is 0.374. The van der Waals surface area contributed by atoms with Gasteiger partial charge in [0, 0.05) is 17.5 Å². The van der Waals surface area contributed by atoms with Crippen LogP contribution >= 0.6 is 0 Å². The van der Waals surface area contributed by atoms with E-state index in [0.717, 1.165) is 42.8 Å². The van der Waals surface area contributed by atoms with Crippen molar-refractivity contribution in [3.63, 3.8) is 0 Å². The van der Waals surface area contributed by atoms with Crippen LogP contribution < -0.4 is 0 Å². The molecule has 92 valence electrons. The van der Waals surface area contributed by atoms with Gasteiger partial charge >= 0.3 is 0 Å². The molecule has 0 aromatic heterocycles. The number of aliphatic hydroxyl groups is 1. The van der Waals surface area contributed by atoms with Crippen LogP contribution in [-0.4, -0.2) is 18.3 Å². The maximum absolute atomic E-state index is 10.0. The Labute approximate surface area is 107 Å². The van der Waals surface area contributed by atoms with Crippen LogP contribution in [0.2, 0.25) is 0 Å². The molecule has 2 nitrogen and oxygen atoms in total. The Morgan fingerprint density at radius 3 is 2.83 bits per heavy atom. The summed E-state index contributed by atoms with van der Waals surface area (Å²) in [5, 5.41) is 10.0. The maximum atomic E-state index is 10.0. The van der Waals surface area contributed by atoms with Crippen molar-refractivity contribution in [3.8, 4) is 0 Å². The molecule has 0 spiro atoms. The van der Waals surface area contributed by atoms with Crippen molar-refractivity contribution < 1.29 is 9.47 Å². The second-order valence-electron chi connectivity index (χ2n) is 4.67. The molecule has 2 aliphatic rings. The summed E-state index contributed by atoms with van der Waals surface area (Å²) in [6.45, 7) is 5.60. The van der Waals surface area contributed by atoms with Gasteiger partial charge in [-0.3, -0.25) is 0 Å². The highest BCUT2D eigenvalue weighted by Gasteiger charge is 2.30. The van der Waals surface area contributed by atoms with E-state index in [4.69, 9.17) is 0 Å². The minimum absolute atomic E-state index is 0.374. The van der Waals surface area contributed by atoms with Gasteiger partial charge in [0.2, 0.25) is 5.76 Å². The monoisotopic (exact) mass is 241 g/mol. The summed E-state index contributed by atoms with van der Waals surface area (Å²) in [6.07, 6.45) is 5.98. The molecule has 1 aromatic rings. The summed E-state index contributed by atoms with van der Waals surface area (Å²) in [6, 6.07) is 8.01. The average Bonchev–Trinajstić information content (AvgIpc) is 2.96. The lowest BCUT2D eigenvalue weighted by atomic mass is 10.0. The molecule has 1 heterocycles. The van der Waals surface area contributed by atoms with E-state index in [1.54, 1.807) is 0 Å². The lowest BCUT2D eigenvalue weighted by molar-refractivity contribution is -0.0347. The van der Waals surface area contributed by atoms with Crippen molar-refractivity contribution in [2.45, 2.75) is 12.8 Å². The van der Waals surface area contributed by atoms with Crippen molar-refractivity contribution >= 4 is 11.3 Å². The second-order valence-corrected chi connectivity index (χ2v) is 4.67. The normalized spacial score (nSPS) is 22.0. The fraction of sp³-hybridized carbons (Fsp3) is 0.250. The number of allylic oxidation sites excluding steroid dienone is 3. The molecule has 1 saturated heterocycles. The van der Waals surface area contributed by atoms with E-state index in [-0.39, 0.29) is 0 Å². The Bertz CT molecular complexity index is 552. The summed E-state index contributed by atoms with van der Waals surface area (Å²) < 4.78 is 3.22. The largest absolute Gasteiger partial charge is 0.572 e. The molecule has 1 aromatic carbocycles. The van der Waals surface area contributed by atoms with Crippen LogP contribution in [0.3, 0.4) is 0 Å². The minimum Gasteiger partial charge on any atom is -0.572 e. The Morgan fingerprint density at radius 2 is 2.06 bits per heavy atom. The summed E-state index contributed by atoms with van der Waals surface area (Å²) in [7, 11) is 0. The lowest BCUT2D eigenvalue weighted by Crippen LogP contribution is -2.08. The molecule has 0 saturated carbocycles. The van der Waals surface area contributed by atoms with Crippen molar-refractivity contribution in [3.05, 3.63) is 59.9 Å². The summed E-state index contributed by atoms with van der Waals surface area (Å²) >= 11 is 0. The van der Waals surface area contributed by atoms with E-state index in [0.29, 0.717) is 5.76 Å². The van der Waals surface area contributed by atoms with Gasteiger partial charge in [-0.25, -0.2) is 0 Å². The third-order valence-electron chi connectivity index (χ3n) is 3.54. The number of aliphatic hydroxyl groups excluding tert-OH is 1. The van der Waals surface area contributed by atoms with Gasteiger partial charge in [0.15, 0.2) is 13.2 Å². The third-order valence-corrected chi connectivity index (χ3v) is 3.54. The number of hydrogen-bond donors (Lipinski definition) is 1. The zero-order valence-corrected chi connectivity index (χ0v) is 10.4. The van der Waals surface area contributed by atoms with Gasteiger partial charge in [0.1, 0.15) is 5.76 Å². The van der Waals surface area contributed by atoms with Crippen LogP contribution in [-0.2, 0) is 4.37 Å². The maximum Gasteiger partial charge on any atom is 0.239 e. The summed E-state index contributed by atoms with van der Waals surface area (Å²) in [5.41, 5.74) is 3.21. The Morgan fingerprint density at radius 1 is 1.28 bits per heavy atom. The van der Waals surface area contributed by atoms with E-state index >= 15 is 0 Å². The summed E-state index contributed by atoms with van der Waals surface area (Å²) in [4.78, 5) is 0. The first kappa shape index (κ1) is 11.1. The highest BCUT2D eigenvalue weighted by Crippen LogP contribution is 2.40. The summed E-state index contributed by atoms with van der Waals surface area (Å²) in [5.74, 6) is 1.63. The van der Waals surface area contributed by atoms with Crippen molar-refractivity contribution in [2.24, 2.45) is 0 Å². The van der Waals surface area contributed by atoms with Gasteiger partial charge in [-0.1, -0.05) is 30.8 Å². The van der Waals surface area contributed by atoms with Gasteiger partial charge in [-0.15, -0.1) is 0 Å². The van der Waals surface area contributed by atoms with Crippen LogP contribution in [0.25, 0.3) is 11.3 Å². The molecule has 0 amide bonds. The van der Waals surface area contributed by atoms with Crippen LogP contribution in [0.4, 0.5) is 0 Å². The number of hydrogen-bond acceptors (Lipinski definition) is 1.